The fourth-order valence-electron chi connectivity index (χ4n) is 2.35. The highest BCUT2D eigenvalue weighted by atomic mass is 16.6. The number of Topliss-reactive ketones (excluding diaryl/α,β-unsaturated/α-hetero) is 1. The van der Waals surface area contributed by atoms with Gasteiger partial charge in [-0.3, -0.25) is 19.8 Å². The Balaban J connectivity index is 1.99. The Kier molecular flexibility index (Phi) is 4.68. The van der Waals surface area contributed by atoms with E-state index in [-0.39, 0.29) is 17.0 Å². The quantitative estimate of drug-likeness (QED) is 0.453. The monoisotopic (exact) mass is 278 g/mol. The number of carbonyl (C=O) groups is 1. The number of nitro groups is 1. The lowest BCUT2D eigenvalue weighted by Gasteiger charge is -2.14. The van der Waals surface area contributed by atoms with Crippen molar-refractivity contribution < 1.29 is 14.5 Å². The molecule has 0 unspecified atom stereocenters. The van der Waals surface area contributed by atoms with Crippen molar-refractivity contribution in [3.63, 3.8) is 0 Å². The van der Waals surface area contributed by atoms with Crippen molar-refractivity contribution in [3.05, 3.63) is 33.9 Å². The van der Waals surface area contributed by atoms with E-state index in [9.17, 15) is 14.9 Å². The lowest BCUT2D eigenvalue weighted by atomic mass is 10.1. The summed E-state index contributed by atoms with van der Waals surface area (Å²) in [6.45, 7) is 4.81. The third-order valence-electron chi connectivity index (χ3n) is 3.42. The number of hydrogen-bond donors (Lipinski definition) is 0. The van der Waals surface area contributed by atoms with Crippen molar-refractivity contribution in [1.82, 2.24) is 4.90 Å². The molecule has 1 aromatic rings. The minimum atomic E-state index is -0.552. The summed E-state index contributed by atoms with van der Waals surface area (Å²) in [7, 11) is 0. The van der Waals surface area contributed by atoms with Crippen LogP contribution in [0.4, 0.5) is 5.69 Å². The van der Waals surface area contributed by atoms with E-state index < -0.39 is 4.92 Å². The van der Waals surface area contributed by atoms with Gasteiger partial charge < -0.3 is 4.74 Å². The number of ether oxygens (including phenoxy) is 1. The summed E-state index contributed by atoms with van der Waals surface area (Å²) in [4.78, 5) is 24.0. The van der Waals surface area contributed by atoms with E-state index in [4.69, 9.17) is 4.74 Å². The summed E-state index contributed by atoms with van der Waals surface area (Å²) in [5.74, 6) is 0.112. The fraction of sp³-hybridized carbons (Fsp3) is 0.500. The fourth-order valence-corrected chi connectivity index (χ4v) is 2.35. The minimum absolute atomic E-state index is 0.113. The minimum Gasteiger partial charge on any atom is -0.492 e. The molecule has 1 fully saturated rings. The molecule has 0 spiro atoms. The maximum absolute atomic E-state index is 11.3. The van der Waals surface area contributed by atoms with E-state index in [2.05, 4.69) is 4.90 Å². The predicted octanol–water partition coefficient (Wildman–Crippen LogP) is 2.27. The molecule has 108 valence electrons. The molecule has 2 rings (SSSR count). The molecule has 0 saturated carbocycles. The molecule has 0 aromatic heterocycles. The van der Waals surface area contributed by atoms with Gasteiger partial charge in [-0.15, -0.1) is 0 Å². The Bertz CT molecular complexity index is 510. The van der Waals surface area contributed by atoms with Crippen LogP contribution in [0, 0.1) is 10.1 Å². The first-order valence-corrected chi connectivity index (χ1v) is 6.72. The van der Waals surface area contributed by atoms with Gasteiger partial charge in [0.15, 0.2) is 5.78 Å². The molecule has 6 nitrogen and oxygen atoms in total. The van der Waals surface area contributed by atoms with Crippen LogP contribution in [0.3, 0.4) is 0 Å². The summed E-state index contributed by atoms with van der Waals surface area (Å²) in [5, 5.41) is 11.0. The van der Waals surface area contributed by atoms with Crippen molar-refractivity contribution >= 4 is 11.5 Å². The molecule has 0 N–H and O–H groups in total. The molecule has 1 heterocycles. The average molecular weight is 278 g/mol. The first-order chi connectivity index (χ1) is 9.58. The molecule has 1 aliphatic heterocycles. The highest BCUT2D eigenvalue weighted by molar-refractivity contribution is 5.98. The van der Waals surface area contributed by atoms with Gasteiger partial charge in [-0.1, -0.05) is 0 Å². The Hall–Kier alpha value is -1.95. The van der Waals surface area contributed by atoms with Gasteiger partial charge in [0.05, 0.1) is 16.6 Å². The van der Waals surface area contributed by atoms with Gasteiger partial charge in [-0.2, -0.15) is 0 Å². The van der Waals surface area contributed by atoms with Crippen LogP contribution in [-0.2, 0) is 0 Å². The van der Waals surface area contributed by atoms with Gasteiger partial charge in [-0.25, -0.2) is 0 Å². The second-order valence-electron chi connectivity index (χ2n) is 4.89. The molecule has 0 atom stereocenters. The predicted molar refractivity (Wildman–Crippen MR) is 74.3 cm³/mol. The lowest BCUT2D eigenvalue weighted by Crippen LogP contribution is -2.25. The van der Waals surface area contributed by atoms with Crippen molar-refractivity contribution in [2.75, 3.05) is 26.2 Å². The average Bonchev–Trinajstić information content (AvgIpc) is 2.91. The number of hydrogen-bond acceptors (Lipinski definition) is 5. The number of carbonyl (C=O) groups excluding carboxylic acids is 1. The van der Waals surface area contributed by atoms with E-state index in [0.29, 0.717) is 12.4 Å². The van der Waals surface area contributed by atoms with E-state index in [1.807, 2.05) is 0 Å². The Morgan fingerprint density at radius 3 is 2.70 bits per heavy atom. The number of benzene rings is 1. The smallest absolute Gasteiger partial charge is 0.283 e. The first kappa shape index (κ1) is 14.5. The summed E-state index contributed by atoms with van der Waals surface area (Å²) in [5.41, 5.74) is -0.0851. The Morgan fingerprint density at radius 1 is 1.40 bits per heavy atom. The second-order valence-corrected chi connectivity index (χ2v) is 4.89. The van der Waals surface area contributed by atoms with Crippen LogP contribution >= 0.6 is 0 Å². The number of rotatable bonds is 6. The summed E-state index contributed by atoms with van der Waals surface area (Å²) >= 11 is 0. The summed E-state index contributed by atoms with van der Waals surface area (Å²) in [6, 6.07) is 4.38. The molecular weight excluding hydrogens is 260 g/mol. The van der Waals surface area contributed by atoms with E-state index in [1.165, 1.54) is 31.9 Å². The van der Waals surface area contributed by atoms with Crippen LogP contribution in [-0.4, -0.2) is 41.8 Å². The van der Waals surface area contributed by atoms with Gasteiger partial charge in [0.25, 0.3) is 5.69 Å². The standard InChI is InChI=1S/C14H18N2O4/c1-11(17)13-5-4-12(10-14(13)16(18)19)20-9-8-15-6-2-3-7-15/h4-5,10H,2-3,6-9H2,1H3. The molecule has 6 heteroatoms. The Labute approximate surface area is 117 Å². The van der Waals surface area contributed by atoms with Gasteiger partial charge in [0.1, 0.15) is 12.4 Å². The van der Waals surface area contributed by atoms with E-state index in [1.54, 1.807) is 6.07 Å². The topological polar surface area (TPSA) is 72.7 Å². The maximum Gasteiger partial charge on any atom is 0.283 e. The maximum atomic E-state index is 11.3. The Morgan fingerprint density at radius 2 is 2.10 bits per heavy atom. The number of ketones is 1. The molecular formula is C14H18N2O4. The van der Waals surface area contributed by atoms with Gasteiger partial charge in [-0.05, 0) is 45.0 Å². The lowest BCUT2D eigenvalue weighted by molar-refractivity contribution is -0.385. The van der Waals surface area contributed by atoms with Crippen LogP contribution in [0.1, 0.15) is 30.1 Å². The molecule has 1 aliphatic rings. The molecule has 1 saturated heterocycles. The summed E-state index contributed by atoms with van der Waals surface area (Å²) in [6.07, 6.45) is 2.44. The highest BCUT2D eigenvalue weighted by Gasteiger charge is 2.18. The zero-order valence-corrected chi connectivity index (χ0v) is 11.5. The normalized spacial score (nSPS) is 15.2. The van der Waals surface area contributed by atoms with Gasteiger partial charge in [0.2, 0.25) is 0 Å². The van der Waals surface area contributed by atoms with Crippen molar-refractivity contribution in [1.29, 1.82) is 0 Å². The van der Waals surface area contributed by atoms with Crippen LogP contribution in [0.25, 0.3) is 0 Å². The van der Waals surface area contributed by atoms with E-state index in [0.717, 1.165) is 19.6 Å². The SMILES string of the molecule is CC(=O)c1ccc(OCCN2CCCC2)cc1[N+](=O)[O-]. The first-order valence-electron chi connectivity index (χ1n) is 6.72. The van der Waals surface area contributed by atoms with Crippen molar-refractivity contribution in [2.45, 2.75) is 19.8 Å². The third kappa shape index (κ3) is 3.54. The number of nitro benzene ring substituents is 1. The van der Waals surface area contributed by atoms with Gasteiger partial charge >= 0.3 is 0 Å². The molecule has 0 bridgehead atoms. The van der Waals surface area contributed by atoms with Crippen molar-refractivity contribution in [2.24, 2.45) is 0 Å². The molecule has 0 amide bonds. The van der Waals surface area contributed by atoms with Crippen LogP contribution in [0.15, 0.2) is 18.2 Å². The van der Waals surface area contributed by atoms with E-state index >= 15 is 0 Å². The zero-order valence-electron chi connectivity index (χ0n) is 11.5. The second kappa shape index (κ2) is 6.47. The molecule has 0 radical (unpaired) electrons. The van der Waals surface area contributed by atoms with Crippen LogP contribution in [0.5, 0.6) is 5.75 Å². The van der Waals surface area contributed by atoms with Crippen LogP contribution < -0.4 is 4.74 Å². The van der Waals surface area contributed by atoms with Crippen LogP contribution in [0.2, 0.25) is 0 Å². The zero-order chi connectivity index (χ0) is 14.5. The third-order valence-corrected chi connectivity index (χ3v) is 3.42. The van der Waals surface area contributed by atoms with Gasteiger partial charge in [0, 0.05) is 6.54 Å². The largest absolute Gasteiger partial charge is 0.492 e. The highest BCUT2D eigenvalue weighted by Crippen LogP contribution is 2.25. The molecule has 1 aromatic carbocycles. The summed E-state index contributed by atoms with van der Waals surface area (Å²) < 4.78 is 5.54. The number of nitrogens with zero attached hydrogens (tertiary/aromatic N) is 2. The molecule has 20 heavy (non-hydrogen) atoms. The molecule has 0 aliphatic carbocycles. The number of likely N-dealkylation sites (tertiary alicyclic amines) is 1. The van der Waals surface area contributed by atoms with Crippen molar-refractivity contribution in [3.8, 4) is 5.75 Å².